The number of benzene rings is 1. The summed E-state index contributed by atoms with van der Waals surface area (Å²) in [5.41, 5.74) is 0.494. The van der Waals surface area contributed by atoms with Gasteiger partial charge in [0.05, 0.1) is 7.11 Å². The molecule has 1 aliphatic carbocycles. The Hall–Kier alpha value is -1.77. The van der Waals surface area contributed by atoms with Gasteiger partial charge in [-0.3, -0.25) is 0 Å². The first-order chi connectivity index (χ1) is 10.1. The molecule has 3 rings (SSSR count). The topological polar surface area (TPSA) is 34.1 Å². The number of fused-ring (bicyclic) bond motifs is 1. The van der Waals surface area contributed by atoms with Crippen molar-refractivity contribution in [2.45, 2.75) is 45.6 Å². The van der Waals surface area contributed by atoms with Crippen molar-refractivity contribution in [3.63, 3.8) is 0 Å². The van der Waals surface area contributed by atoms with E-state index in [4.69, 9.17) is 4.74 Å². The van der Waals surface area contributed by atoms with Gasteiger partial charge in [-0.1, -0.05) is 19.9 Å². The van der Waals surface area contributed by atoms with Crippen molar-refractivity contribution in [3.05, 3.63) is 30.5 Å². The van der Waals surface area contributed by atoms with Gasteiger partial charge in [0.25, 0.3) is 0 Å². The third-order valence-electron chi connectivity index (χ3n) is 4.65. The quantitative estimate of drug-likeness (QED) is 0.892. The average molecular weight is 284 g/mol. The summed E-state index contributed by atoms with van der Waals surface area (Å²) >= 11 is 0. The Balaban J connectivity index is 1.83. The predicted octanol–water partition coefficient (Wildman–Crippen LogP) is 4.62. The minimum absolute atomic E-state index is 0.494. The smallest absolute Gasteiger partial charge is 0.134 e. The highest BCUT2D eigenvalue weighted by Gasteiger charge is 2.27. The summed E-state index contributed by atoms with van der Waals surface area (Å²) in [7, 11) is 1.70. The number of nitrogens with zero attached hydrogens (tertiary/aromatic N) is 1. The first kappa shape index (κ1) is 14.2. The van der Waals surface area contributed by atoms with Gasteiger partial charge in [-0.15, -0.1) is 0 Å². The Kier molecular flexibility index (Phi) is 3.75. The molecule has 0 amide bonds. The van der Waals surface area contributed by atoms with Gasteiger partial charge in [0, 0.05) is 17.6 Å². The zero-order valence-electron chi connectivity index (χ0n) is 13.1. The fourth-order valence-electron chi connectivity index (χ4n) is 3.13. The number of ether oxygens (including phenoxy) is 1. The summed E-state index contributed by atoms with van der Waals surface area (Å²) in [6, 6.07) is 8.73. The number of methoxy groups -OCH3 is 1. The molecule has 0 radical (unpaired) electrons. The highest BCUT2D eigenvalue weighted by molar-refractivity contribution is 5.92. The molecule has 0 bridgehead atoms. The zero-order valence-corrected chi connectivity index (χ0v) is 13.1. The standard InChI is InChI=1S/C18H24N2O/c1-18(2)9-6-14(7-10-18)20-17-16-12-15(21-3)5-4-13(16)8-11-19-17/h4-5,8,11-12,14H,6-7,9-10H2,1-3H3,(H,19,20). The van der Waals surface area contributed by atoms with Crippen LogP contribution in [0.5, 0.6) is 5.75 Å². The Bertz CT molecular complexity index is 626. The second-order valence-corrected chi connectivity index (χ2v) is 6.83. The van der Waals surface area contributed by atoms with Crippen molar-refractivity contribution in [1.29, 1.82) is 0 Å². The molecule has 0 spiro atoms. The Morgan fingerprint density at radius 1 is 1.19 bits per heavy atom. The molecule has 3 heteroatoms. The van der Waals surface area contributed by atoms with E-state index in [0.29, 0.717) is 11.5 Å². The van der Waals surface area contributed by atoms with Gasteiger partial charge in [0.1, 0.15) is 11.6 Å². The van der Waals surface area contributed by atoms with Crippen molar-refractivity contribution in [2.24, 2.45) is 5.41 Å². The lowest BCUT2D eigenvalue weighted by Crippen LogP contribution is -2.30. The van der Waals surface area contributed by atoms with Crippen LogP contribution in [0.15, 0.2) is 30.5 Å². The third kappa shape index (κ3) is 3.12. The SMILES string of the molecule is COc1ccc2ccnc(NC3CCC(C)(C)CC3)c2c1. The maximum atomic E-state index is 5.34. The van der Waals surface area contributed by atoms with Gasteiger partial charge < -0.3 is 10.1 Å². The van der Waals surface area contributed by atoms with Gasteiger partial charge in [-0.25, -0.2) is 4.98 Å². The van der Waals surface area contributed by atoms with E-state index in [1.54, 1.807) is 7.11 Å². The lowest BCUT2D eigenvalue weighted by atomic mass is 9.75. The molecule has 1 saturated carbocycles. The van der Waals surface area contributed by atoms with E-state index in [-0.39, 0.29) is 0 Å². The number of nitrogens with one attached hydrogen (secondary N) is 1. The fraction of sp³-hybridized carbons (Fsp3) is 0.500. The van der Waals surface area contributed by atoms with Gasteiger partial charge in [0.15, 0.2) is 0 Å². The number of hydrogen-bond acceptors (Lipinski definition) is 3. The van der Waals surface area contributed by atoms with Crippen molar-refractivity contribution in [2.75, 3.05) is 12.4 Å². The van der Waals surface area contributed by atoms with Crippen molar-refractivity contribution < 1.29 is 4.74 Å². The number of rotatable bonds is 3. The molecule has 112 valence electrons. The van der Waals surface area contributed by atoms with E-state index in [1.807, 2.05) is 18.3 Å². The molecule has 0 saturated heterocycles. The number of aromatic nitrogens is 1. The van der Waals surface area contributed by atoms with E-state index < -0.39 is 0 Å². The van der Waals surface area contributed by atoms with Crippen LogP contribution in [0.25, 0.3) is 10.8 Å². The molecule has 1 N–H and O–H groups in total. The summed E-state index contributed by atoms with van der Waals surface area (Å²) in [6.45, 7) is 4.73. The highest BCUT2D eigenvalue weighted by atomic mass is 16.5. The average Bonchev–Trinajstić information content (AvgIpc) is 2.49. The first-order valence-electron chi connectivity index (χ1n) is 7.77. The lowest BCUT2D eigenvalue weighted by molar-refractivity contribution is 0.232. The van der Waals surface area contributed by atoms with Crippen LogP contribution in [-0.2, 0) is 0 Å². The maximum absolute atomic E-state index is 5.34. The third-order valence-corrected chi connectivity index (χ3v) is 4.65. The maximum Gasteiger partial charge on any atom is 0.134 e. The molecule has 0 unspecified atom stereocenters. The summed E-state index contributed by atoms with van der Waals surface area (Å²) in [5.74, 6) is 1.86. The molecule has 1 aliphatic rings. The molecule has 0 aliphatic heterocycles. The number of pyridine rings is 1. The lowest BCUT2D eigenvalue weighted by Gasteiger charge is -2.35. The zero-order chi connectivity index (χ0) is 14.9. The summed E-state index contributed by atoms with van der Waals surface area (Å²) < 4.78 is 5.34. The van der Waals surface area contributed by atoms with Gasteiger partial charge >= 0.3 is 0 Å². The van der Waals surface area contributed by atoms with E-state index in [0.717, 1.165) is 17.0 Å². The van der Waals surface area contributed by atoms with E-state index in [2.05, 4.69) is 36.3 Å². The van der Waals surface area contributed by atoms with Gasteiger partial charge in [-0.05, 0) is 54.7 Å². The Morgan fingerprint density at radius 3 is 2.67 bits per heavy atom. The van der Waals surface area contributed by atoms with Crippen molar-refractivity contribution in [1.82, 2.24) is 4.98 Å². The Labute approximate surface area is 126 Å². The second-order valence-electron chi connectivity index (χ2n) is 6.83. The summed E-state index contributed by atoms with van der Waals surface area (Å²) in [6.07, 6.45) is 6.87. The highest BCUT2D eigenvalue weighted by Crippen LogP contribution is 2.36. The fourth-order valence-corrected chi connectivity index (χ4v) is 3.13. The van der Waals surface area contributed by atoms with E-state index in [9.17, 15) is 0 Å². The van der Waals surface area contributed by atoms with E-state index >= 15 is 0 Å². The minimum atomic E-state index is 0.494. The number of hydrogen-bond donors (Lipinski definition) is 1. The van der Waals surface area contributed by atoms with E-state index in [1.165, 1.54) is 31.1 Å². The molecule has 21 heavy (non-hydrogen) atoms. The minimum Gasteiger partial charge on any atom is -0.497 e. The monoisotopic (exact) mass is 284 g/mol. The molecule has 1 aromatic carbocycles. The molecule has 2 aromatic rings. The molecule has 0 atom stereocenters. The molecule has 1 fully saturated rings. The molecular formula is C18H24N2O. The molecule has 1 aromatic heterocycles. The molecular weight excluding hydrogens is 260 g/mol. The van der Waals surface area contributed by atoms with Crippen LogP contribution in [0.3, 0.4) is 0 Å². The Morgan fingerprint density at radius 2 is 1.95 bits per heavy atom. The van der Waals surface area contributed by atoms with Crippen LogP contribution in [-0.4, -0.2) is 18.1 Å². The largest absolute Gasteiger partial charge is 0.497 e. The van der Waals surface area contributed by atoms with Crippen LogP contribution in [0.2, 0.25) is 0 Å². The summed E-state index contributed by atoms with van der Waals surface area (Å²) in [4.78, 5) is 4.55. The predicted molar refractivity (Wildman–Crippen MR) is 88.0 cm³/mol. The van der Waals surface area contributed by atoms with Crippen LogP contribution in [0.4, 0.5) is 5.82 Å². The van der Waals surface area contributed by atoms with Crippen molar-refractivity contribution in [3.8, 4) is 5.75 Å². The van der Waals surface area contributed by atoms with Crippen LogP contribution in [0.1, 0.15) is 39.5 Å². The van der Waals surface area contributed by atoms with Crippen LogP contribution in [0, 0.1) is 5.41 Å². The normalized spacial score (nSPS) is 18.6. The van der Waals surface area contributed by atoms with Crippen LogP contribution < -0.4 is 10.1 Å². The molecule has 1 heterocycles. The van der Waals surface area contributed by atoms with Crippen molar-refractivity contribution >= 4 is 16.6 Å². The van der Waals surface area contributed by atoms with Gasteiger partial charge in [-0.2, -0.15) is 0 Å². The van der Waals surface area contributed by atoms with Gasteiger partial charge in [0.2, 0.25) is 0 Å². The molecule has 3 nitrogen and oxygen atoms in total. The second kappa shape index (κ2) is 5.55. The first-order valence-corrected chi connectivity index (χ1v) is 7.77. The summed E-state index contributed by atoms with van der Waals surface area (Å²) in [5, 5.41) is 5.99. The number of anilines is 1. The van der Waals surface area contributed by atoms with Crippen LogP contribution >= 0.6 is 0 Å².